The fourth-order valence-electron chi connectivity index (χ4n) is 0.767. The minimum absolute atomic E-state index is 0.0989. The van der Waals surface area contributed by atoms with Gasteiger partial charge in [-0.25, -0.2) is 9.97 Å². The van der Waals surface area contributed by atoms with Crippen molar-refractivity contribution in [2.75, 3.05) is 7.05 Å². The molecule has 0 atom stereocenters. The number of nitro groups is 1. The quantitative estimate of drug-likeness (QED) is 0.533. The molecule has 6 heteroatoms. The average molecular weight is 180 g/mol. The molecule has 0 spiro atoms. The zero-order valence-corrected chi connectivity index (χ0v) is 6.97. The van der Waals surface area contributed by atoms with Gasteiger partial charge in [0.05, 0.1) is 11.1 Å². The summed E-state index contributed by atoms with van der Waals surface area (Å²) in [6, 6.07) is 1.60. The van der Waals surface area contributed by atoms with Crippen LogP contribution in [0.3, 0.4) is 0 Å². The third-order valence-corrected chi connectivity index (χ3v) is 1.27. The van der Waals surface area contributed by atoms with Crippen molar-refractivity contribution in [3.8, 4) is 0 Å². The Balaban J connectivity index is 3.03. The Morgan fingerprint density at radius 1 is 1.62 bits per heavy atom. The average Bonchev–Trinajstić information content (AvgIpc) is 2.15. The standard InChI is InChI=1S/C7H8N4O2/c1-8-5-6(11(12)13)7-9-3-2-4-10-7/h2-5,8H,1H3/b6-5+. The van der Waals surface area contributed by atoms with E-state index in [1.807, 2.05) is 0 Å². The Bertz CT molecular complexity index is 323. The maximum Gasteiger partial charge on any atom is 0.329 e. The second-order valence-corrected chi connectivity index (χ2v) is 2.15. The normalized spacial score (nSPS) is 11.0. The summed E-state index contributed by atoms with van der Waals surface area (Å²) >= 11 is 0. The molecule has 0 aliphatic heterocycles. The highest BCUT2D eigenvalue weighted by Gasteiger charge is 2.15. The van der Waals surface area contributed by atoms with Crippen LogP contribution in [0.2, 0.25) is 0 Å². The molecule has 1 rings (SSSR count). The van der Waals surface area contributed by atoms with E-state index in [0.29, 0.717) is 0 Å². The highest BCUT2D eigenvalue weighted by Crippen LogP contribution is 2.06. The molecule has 0 unspecified atom stereocenters. The van der Waals surface area contributed by atoms with Crippen molar-refractivity contribution >= 4 is 5.70 Å². The maximum absolute atomic E-state index is 10.5. The van der Waals surface area contributed by atoms with Crippen molar-refractivity contribution in [3.05, 3.63) is 40.6 Å². The van der Waals surface area contributed by atoms with Crippen LogP contribution in [0.25, 0.3) is 5.70 Å². The van der Waals surface area contributed by atoms with E-state index in [1.54, 1.807) is 13.1 Å². The summed E-state index contributed by atoms with van der Waals surface area (Å²) in [7, 11) is 1.58. The Kier molecular flexibility index (Phi) is 2.91. The van der Waals surface area contributed by atoms with Crippen molar-refractivity contribution in [1.82, 2.24) is 15.3 Å². The van der Waals surface area contributed by atoms with Gasteiger partial charge >= 0.3 is 5.70 Å². The maximum atomic E-state index is 10.5. The van der Waals surface area contributed by atoms with Crippen molar-refractivity contribution < 1.29 is 4.92 Å². The van der Waals surface area contributed by atoms with Gasteiger partial charge in [0.2, 0.25) is 5.82 Å². The molecule has 1 aromatic heterocycles. The third-order valence-electron chi connectivity index (χ3n) is 1.27. The first-order valence-electron chi connectivity index (χ1n) is 3.55. The molecular weight excluding hydrogens is 172 g/mol. The number of hydrogen-bond donors (Lipinski definition) is 1. The van der Waals surface area contributed by atoms with Gasteiger partial charge in [0.1, 0.15) is 0 Å². The zero-order valence-electron chi connectivity index (χ0n) is 6.97. The fourth-order valence-corrected chi connectivity index (χ4v) is 0.767. The molecule has 1 heterocycles. The summed E-state index contributed by atoms with van der Waals surface area (Å²) < 4.78 is 0. The largest absolute Gasteiger partial charge is 0.388 e. The van der Waals surface area contributed by atoms with Crippen LogP contribution in [0.15, 0.2) is 24.7 Å². The second-order valence-electron chi connectivity index (χ2n) is 2.15. The van der Waals surface area contributed by atoms with Gasteiger partial charge in [-0.05, 0) is 6.07 Å². The lowest BCUT2D eigenvalue weighted by molar-refractivity contribution is -0.376. The molecule has 0 aliphatic rings. The molecule has 68 valence electrons. The van der Waals surface area contributed by atoms with Crippen LogP contribution in [0.5, 0.6) is 0 Å². The smallest absolute Gasteiger partial charge is 0.329 e. The summed E-state index contributed by atoms with van der Waals surface area (Å²) in [6.07, 6.45) is 4.15. The minimum atomic E-state index is -0.536. The molecule has 1 aromatic rings. The third kappa shape index (κ3) is 2.22. The van der Waals surface area contributed by atoms with E-state index >= 15 is 0 Å². The summed E-state index contributed by atoms with van der Waals surface area (Å²) in [4.78, 5) is 17.5. The number of hydrogen-bond acceptors (Lipinski definition) is 5. The molecule has 13 heavy (non-hydrogen) atoms. The molecule has 0 fully saturated rings. The van der Waals surface area contributed by atoms with Gasteiger partial charge in [-0.15, -0.1) is 0 Å². The van der Waals surface area contributed by atoms with Gasteiger partial charge in [0, 0.05) is 19.4 Å². The van der Waals surface area contributed by atoms with Crippen molar-refractivity contribution in [2.24, 2.45) is 0 Å². The molecule has 0 radical (unpaired) electrons. The van der Waals surface area contributed by atoms with Gasteiger partial charge < -0.3 is 5.32 Å². The van der Waals surface area contributed by atoms with E-state index in [1.165, 1.54) is 18.6 Å². The predicted molar refractivity (Wildman–Crippen MR) is 46.1 cm³/mol. The van der Waals surface area contributed by atoms with Crippen molar-refractivity contribution in [1.29, 1.82) is 0 Å². The number of aromatic nitrogens is 2. The lowest BCUT2D eigenvalue weighted by Crippen LogP contribution is -2.06. The summed E-state index contributed by atoms with van der Waals surface area (Å²) in [6.45, 7) is 0. The molecule has 0 aliphatic carbocycles. The first-order valence-corrected chi connectivity index (χ1v) is 3.55. The van der Waals surface area contributed by atoms with E-state index in [4.69, 9.17) is 0 Å². The molecule has 0 saturated heterocycles. The zero-order chi connectivity index (χ0) is 9.68. The lowest BCUT2D eigenvalue weighted by Gasteiger charge is -1.95. The van der Waals surface area contributed by atoms with Gasteiger partial charge in [-0.1, -0.05) is 0 Å². The van der Waals surface area contributed by atoms with Crippen molar-refractivity contribution in [3.63, 3.8) is 0 Å². The predicted octanol–water partition coefficient (Wildman–Crippen LogP) is 0.271. The van der Waals surface area contributed by atoms with Gasteiger partial charge in [0.25, 0.3) is 0 Å². The van der Waals surface area contributed by atoms with E-state index in [0.717, 1.165) is 0 Å². The van der Waals surface area contributed by atoms with Gasteiger partial charge in [-0.2, -0.15) is 0 Å². The van der Waals surface area contributed by atoms with Crippen LogP contribution in [0, 0.1) is 10.1 Å². The van der Waals surface area contributed by atoms with E-state index in [2.05, 4.69) is 15.3 Å². The summed E-state index contributed by atoms with van der Waals surface area (Å²) in [5.74, 6) is 0.0989. The second kappa shape index (κ2) is 4.15. The van der Waals surface area contributed by atoms with Gasteiger partial charge in [0.15, 0.2) is 0 Å². The molecule has 6 nitrogen and oxygen atoms in total. The Morgan fingerprint density at radius 3 is 2.69 bits per heavy atom. The molecular formula is C7H8N4O2. The van der Waals surface area contributed by atoms with Crippen LogP contribution in [-0.2, 0) is 0 Å². The Morgan fingerprint density at radius 2 is 2.23 bits per heavy atom. The van der Waals surface area contributed by atoms with Crippen LogP contribution < -0.4 is 5.32 Å². The Hall–Kier alpha value is -1.98. The lowest BCUT2D eigenvalue weighted by atomic mass is 10.4. The van der Waals surface area contributed by atoms with E-state index in [-0.39, 0.29) is 11.5 Å². The molecule has 0 bridgehead atoms. The van der Waals surface area contributed by atoms with Crippen LogP contribution in [0.4, 0.5) is 0 Å². The number of rotatable bonds is 3. The topological polar surface area (TPSA) is 81.0 Å². The SMILES string of the molecule is CN/C=C(\c1ncccn1)[N+](=O)[O-]. The number of nitrogens with zero attached hydrogens (tertiary/aromatic N) is 3. The van der Waals surface area contributed by atoms with Crippen LogP contribution in [-0.4, -0.2) is 21.9 Å². The van der Waals surface area contributed by atoms with Crippen LogP contribution >= 0.6 is 0 Å². The molecule has 0 saturated carbocycles. The van der Waals surface area contributed by atoms with Crippen LogP contribution in [0.1, 0.15) is 5.82 Å². The summed E-state index contributed by atoms with van der Waals surface area (Å²) in [5, 5.41) is 13.1. The molecule has 0 aromatic carbocycles. The highest BCUT2D eigenvalue weighted by atomic mass is 16.6. The monoisotopic (exact) mass is 180 g/mol. The fraction of sp³-hybridized carbons (Fsp3) is 0.143. The van der Waals surface area contributed by atoms with Gasteiger partial charge in [-0.3, -0.25) is 10.1 Å². The first kappa shape index (κ1) is 9.11. The minimum Gasteiger partial charge on any atom is -0.388 e. The summed E-state index contributed by atoms with van der Waals surface area (Å²) in [5.41, 5.74) is -0.150. The highest BCUT2D eigenvalue weighted by molar-refractivity contribution is 5.49. The Labute approximate surface area is 74.5 Å². The number of nitrogens with one attached hydrogen (secondary N) is 1. The van der Waals surface area contributed by atoms with E-state index < -0.39 is 4.92 Å². The molecule has 0 amide bonds. The molecule has 1 N–H and O–H groups in total. The first-order chi connectivity index (χ1) is 6.25. The van der Waals surface area contributed by atoms with Crippen molar-refractivity contribution in [2.45, 2.75) is 0 Å². The van der Waals surface area contributed by atoms with E-state index in [9.17, 15) is 10.1 Å².